The number of likely N-dealkylation sites (tertiary alicyclic amines) is 1. The number of hydrogen-bond donors (Lipinski definition) is 1. The number of fused-ring (bicyclic) bond motifs is 1. The van der Waals surface area contributed by atoms with Crippen LogP contribution in [0.25, 0.3) is 0 Å². The Hall–Kier alpha value is -1.71. The monoisotopic (exact) mass is 552 g/mol. The van der Waals surface area contributed by atoms with Crippen LogP contribution in [0.3, 0.4) is 0 Å². The van der Waals surface area contributed by atoms with Crippen LogP contribution in [0, 0.1) is 11.8 Å². The van der Waals surface area contributed by atoms with E-state index in [0.717, 1.165) is 32.1 Å². The van der Waals surface area contributed by atoms with Crippen molar-refractivity contribution in [2.75, 3.05) is 19.8 Å². The van der Waals surface area contributed by atoms with Gasteiger partial charge in [-0.25, -0.2) is 0 Å². The molecule has 3 unspecified atom stereocenters. The molecule has 1 saturated carbocycles. The van der Waals surface area contributed by atoms with Crippen LogP contribution in [-0.2, 0) is 23.9 Å². The molecule has 0 aromatic heterocycles. The highest BCUT2D eigenvalue weighted by molar-refractivity contribution is 9.09. The highest BCUT2D eigenvalue weighted by Crippen LogP contribution is 2.60. The lowest BCUT2D eigenvalue weighted by Gasteiger charge is -2.42. The fourth-order valence-corrected chi connectivity index (χ4v) is 7.57. The molecule has 9 heteroatoms. The van der Waals surface area contributed by atoms with E-state index in [0.29, 0.717) is 19.4 Å². The Morgan fingerprint density at radius 1 is 1.31 bits per heavy atom. The first-order chi connectivity index (χ1) is 16.8. The van der Waals surface area contributed by atoms with E-state index in [9.17, 15) is 19.5 Å². The molecule has 3 heterocycles. The van der Waals surface area contributed by atoms with Crippen molar-refractivity contribution in [1.82, 2.24) is 9.80 Å². The Morgan fingerprint density at radius 2 is 2.03 bits per heavy atom. The zero-order valence-electron chi connectivity index (χ0n) is 20.4. The Labute approximate surface area is 215 Å². The van der Waals surface area contributed by atoms with Crippen molar-refractivity contribution in [3.05, 3.63) is 25.3 Å². The fraction of sp³-hybridized carbons (Fsp3) is 0.731. The molecule has 0 aromatic rings. The van der Waals surface area contributed by atoms with E-state index in [-0.39, 0.29) is 35.9 Å². The van der Waals surface area contributed by atoms with Crippen LogP contribution in [0.5, 0.6) is 0 Å². The summed E-state index contributed by atoms with van der Waals surface area (Å²) < 4.78 is 12.0. The highest BCUT2D eigenvalue weighted by atomic mass is 79.9. The molecule has 2 bridgehead atoms. The summed E-state index contributed by atoms with van der Waals surface area (Å²) in [4.78, 5) is 44.5. The standard InChI is InChI=1S/C26H37BrN2O6/c1-4-6-13-34-25(33)19-20-23(31)29(16(3)15-30)22(26(20)14-18(27)21(19)35-26)24(32)28(12-5-2)17-10-8-7-9-11-17/h4-5,16-22,30H,1-2,6-15H2,3H3/t16-,18?,19+,20+,21+,22?,26?/m1/s1. The van der Waals surface area contributed by atoms with E-state index >= 15 is 0 Å². The molecule has 3 saturated heterocycles. The quantitative estimate of drug-likeness (QED) is 0.193. The molecule has 35 heavy (non-hydrogen) atoms. The lowest BCUT2D eigenvalue weighted by molar-refractivity contribution is -0.156. The summed E-state index contributed by atoms with van der Waals surface area (Å²) in [5, 5.41) is 10.0. The van der Waals surface area contributed by atoms with E-state index < -0.39 is 41.6 Å². The van der Waals surface area contributed by atoms with Crippen LogP contribution < -0.4 is 0 Å². The van der Waals surface area contributed by atoms with E-state index in [1.807, 2.05) is 4.90 Å². The number of aliphatic hydroxyl groups excluding tert-OH is 1. The van der Waals surface area contributed by atoms with Crippen molar-refractivity contribution in [2.24, 2.45) is 11.8 Å². The van der Waals surface area contributed by atoms with Gasteiger partial charge in [-0.3, -0.25) is 14.4 Å². The van der Waals surface area contributed by atoms with Crippen LogP contribution in [-0.4, -0.2) is 87.1 Å². The lowest BCUT2D eigenvalue weighted by Crippen LogP contribution is -2.60. The Kier molecular flexibility index (Phi) is 8.08. The minimum Gasteiger partial charge on any atom is -0.465 e. The molecule has 0 radical (unpaired) electrons. The average molecular weight is 553 g/mol. The first-order valence-electron chi connectivity index (χ1n) is 12.8. The number of ether oxygens (including phenoxy) is 2. The molecule has 1 N–H and O–H groups in total. The Morgan fingerprint density at radius 3 is 2.66 bits per heavy atom. The third-order valence-electron chi connectivity index (χ3n) is 8.16. The van der Waals surface area contributed by atoms with Crippen LogP contribution >= 0.6 is 15.9 Å². The number of nitrogens with zero attached hydrogens (tertiary/aromatic N) is 2. The van der Waals surface area contributed by atoms with Gasteiger partial charge in [0.15, 0.2) is 0 Å². The summed E-state index contributed by atoms with van der Waals surface area (Å²) in [6.07, 6.45) is 8.87. The molecular formula is C26H37BrN2O6. The minimum atomic E-state index is -1.15. The van der Waals surface area contributed by atoms with Crippen LogP contribution in [0.4, 0.5) is 0 Å². The number of esters is 1. The van der Waals surface area contributed by atoms with Crippen molar-refractivity contribution in [3.63, 3.8) is 0 Å². The third kappa shape index (κ3) is 4.37. The topological polar surface area (TPSA) is 96.4 Å². The summed E-state index contributed by atoms with van der Waals surface area (Å²) in [7, 11) is 0. The van der Waals surface area contributed by atoms with Crippen molar-refractivity contribution in [2.45, 2.75) is 86.5 Å². The smallest absolute Gasteiger partial charge is 0.312 e. The molecule has 194 valence electrons. The SMILES string of the molecule is C=CCCOC(=O)[C@H]1[C@H]2C(=O)N([C@H](C)CO)C(C(=O)N(CC=C)C3CCCCC3)C23CC(Br)[C@@H]1O3. The van der Waals surface area contributed by atoms with E-state index in [4.69, 9.17) is 9.47 Å². The molecule has 7 atom stereocenters. The zero-order valence-corrected chi connectivity index (χ0v) is 22.0. The number of amides is 2. The predicted octanol–water partition coefficient (Wildman–Crippen LogP) is 2.58. The lowest BCUT2D eigenvalue weighted by atomic mass is 9.70. The highest BCUT2D eigenvalue weighted by Gasteiger charge is 2.77. The molecule has 1 spiro atoms. The van der Waals surface area contributed by atoms with Gasteiger partial charge in [-0.05, 0) is 32.6 Å². The minimum absolute atomic E-state index is 0.0733. The maximum Gasteiger partial charge on any atom is 0.312 e. The Bertz CT molecular complexity index is 861. The van der Waals surface area contributed by atoms with Crippen molar-refractivity contribution < 1.29 is 29.0 Å². The summed E-state index contributed by atoms with van der Waals surface area (Å²) in [6.45, 7) is 9.51. The zero-order chi connectivity index (χ0) is 25.3. The average Bonchev–Trinajstić information content (AvgIpc) is 3.45. The maximum atomic E-state index is 14.3. The molecular weight excluding hydrogens is 516 g/mol. The van der Waals surface area contributed by atoms with E-state index in [2.05, 4.69) is 29.1 Å². The Balaban J connectivity index is 1.72. The molecule has 2 amide bonds. The van der Waals surface area contributed by atoms with Crippen LogP contribution in [0.1, 0.15) is 51.9 Å². The van der Waals surface area contributed by atoms with Gasteiger partial charge >= 0.3 is 5.97 Å². The number of hydrogen-bond acceptors (Lipinski definition) is 6. The van der Waals surface area contributed by atoms with Gasteiger partial charge in [0.2, 0.25) is 11.8 Å². The molecule has 4 aliphatic rings. The number of alkyl halides is 1. The van der Waals surface area contributed by atoms with Crippen molar-refractivity contribution >= 4 is 33.7 Å². The van der Waals surface area contributed by atoms with Gasteiger partial charge in [-0.2, -0.15) is 0 Å². The predicted molar refractivity (Wildman–Crippen MR) is 134 cm³/mol. The second kappa shape index (κ2) is 10.7. The first-order valence-corrected chi connectivity index (χ1v) is 13.7. The van der Waals surface area contributed by atoms with E-state index in [1.165, 1.54) is 4.90 Å². The van der Waals surface area contributed by atoms with E-state index in [1.54, 1.807) is 19.1 Å². The van der Waals surface area contributed by atoms with Crippen LogP contribution in [0.15, 0.2) is 25.3 Å². The summed E-state index contributed by atoms with van der Waals surface area (Å²) in [5.41, 5.74) is -1.15. The number of carbonyl (C=O) groups excluding carboxylic acids is 3. The summed E-state index contributed by atoms with van der Waals surface area (Å²) in [6, 6.07) is -1.44. The normalized spacial score (nSPS) is 35.0. The number of carbonyl (C=O) groups is 3. The molecule has 0 aromatic carbocycles. The molecule has 8 nitrogen and oxygen atoms in total. The molecule has 4 fully saturated rings. The maximum absolute atomic E-state index is 14.3. The van der Waals surface area contributed by atoms with Gasteiger partial charge in [-0.1, -0.05) is 47.3 Å². The number of aliphatic hydroxyl groups is 1. The molecule has 3 aliphatic heterocycles. The first kappa shape index (κ1) is 26.4. The van der Waals surface area contributed by atoms with Gasteiger partial charge in [0.05, 0.1) is 37.2 Å². The fourth-order valence-electron chi connectivity index (χ4n) is 6.63. The second-order valence-electron chi connectivity index (χ2n) is 10.3. The van der Waals surface area contributed by atoms with Crippen molar-refractivity contribution in [3.8, 4) is 0 Å². The summed E-state index contributed by atoms with van der Waals surface area (Å²) in [5.74, 6) is -2.62. The van der Waals surface area contributed by atoms with Crippen LogP contribution in [0.2, 0.25) is 0 Å². The second-order valence-corrected chi connectivity index (χ2v) is 11.4. The van der Waals surface area contributed by atoms with Gasteiger partial charge in [0.25, 0.3) is 0 Å². The third-order valence-corrected chi connectivity index (χ3v) is 9.01. The number of halogens is 1. The van der Waals surface area contributed by atoms with Crippen molar-refractivity contribution in [1.29, 1.82) is 0 Å². The summed E-state index contributed by atoms with van der Waals surface area (Å²) >= 11 is 3.66. The van der Waals surface area contributed by atoms with Gasteiger partial charge in [0.1, 0.15) is 11.6 Å². The molecule has 1 aliphatic carbocycles. The van der Waals surface area contributed by atoms with Gasteiger partial charge in [0, 0.05) is 17.4 Å². The molecule has 4 rings (SSSR count). The largest absolute Gasteiger partial charge is 0.465 e. The van der Waals surface area contributed by atoms with Gasteiger partial charge in [-0.15, -0.1) is 13.2 Å². The van der Waals surface area contributed by atoms with Gasteiger partial charge < -0.3 is 24.4 Å². The number of rotatable bonds is 10.